The molecule has 5 nitrogen and oxygen atoms in total. The van der Waals surface area contributed by atoms with Gasteiger partial charge >= 0.3 is 5.51 Å². The van der Waals surface area contributed by atoms with Crippen LogP contribution in [0, 0.1) is 0 Å². The van der Waals surface area contributed by atoms with Crippen molar-refractivity contribution in [3.05, 3.63) is 0 Å². The second-order valence-electron chi connectivity index (χ2n) is 2.15. The first-order valence-electron chi connectivity index (χ1n) is 2.72. The fourth-order valence-electron chi connectivity index (χ4n) is 0.365. The van der Waals surface area contributed by atoms with E-state index in [1.165, 1.54) is 0 Å². The fraction of sp³-hybridized carbons (Fsp3) is 1.00. The van der Waals surface area contributed by atoms with Crippen LogP contribution < -0.4 is 5.14 Å². The lowest BCUT2D eigenvalue weighted by Crippen LogP contribution is -2.40. The van der Waals surface area contributed by atoms with Crippen LogP contribution in [-0.4, -0.2) is 26.9 Å². The van der Waals surface area contributed by atoms with E-state index in [4.69, 9.17) is 0 Å². The average molecular weight is 241 g/mol. The Hall–Kier alpha value is -0.350. The Morgan fingerprint density at radius 2 is 1.46 bits per heavy atom. The maximum atomic E-state index is 11.7. The molecule has 0 spiro atoms. The van der Waals surface area contributed by atoms with Gasteiger partial charge in [0.25, 0.3) is 9.84 Å². The smallest absolute Gasteiger partial charge is 0.228 e. The summed E-state index contributed by atoms with van der Waals surface area (Å²) in [6, 6.07) is 0. The molecule has 0 aromatic heterocycles. The molecule has 13 heavy (non-hydrogen) atoms. The molecule has 0 rings (SSSR count). The predicted molar refractivity (Wildman–Crippen MR) is 37.5 cm³/mol. The van der Waals surface area contributed by atoms with E-state index in [-0.39, 0.29) is 0 Å². The van der Waals surface area contributed by atoms with Crippen LogP contribution in [0.4, 0.5) is 13.2 Å². The molecule has 0 bridgehead atoms. The molecule has 0 aliphatic carbocycles. The number of primary sulfonamides is 1. The van der Waals surface area contributed by atoms with E-state index in [0.29, 0.717) is 6.92 Å². The Morgan fingerprint density at radius 1 is 1.15 bits per heavy atom. The van der Waals surface area contributed by atoms with Crippen LogP contribution >= 0.6 is 0 Å². The summed E-state index contributed by atoms with van der Waals surface area (Å²) in [5.74, 6) is 0. The Kier molecular flexibility index (Phi) is 3.02. The van der Waals surface area contributed by atoms with E-state index in [9.17, 15) is 30.0 Å². The SMILES string of the molecule is CC(S(N)(=O)=O)S(=O)(=O)C(F)(F)F. The number of hydrogen-bond acceptors (Lipinski definition) is 4. The van der Waals surface area contributed by atoms with Crippen molar-refractivity contribution in [1.82, 2.24) is 0 Å². The number of rotatable bonds is 2. The Bertz CT molecular complexity index is 379. The van der Waals surface area contributed by atoms with Crippen LogP contribution in [0.3, 0.4) is 0 Å². The molecule has 1 unspecified atom stereocenters. The minimum atomic E-state index is -5.75. The lowest BCUT2D eigenvalue weighted by molar-refractivity contribution is -0.0437. The van der Waals surface area contributed by atoms with Gasteiger partial charge in [0, 0.05) is 0 Å². The molecule has 80 valence electrons. The summed E-state index contributed by atoms with van der Waals surface area (Å²) >= 11 is 0. The molecule has 0 fully saturated rings. The van der Waals surface area contributed by atoms with Gasteiger partial charge in [-0.05, 0) is 6.92 Å². The van der Waals surface area contributed by atoms with Crippen LogP contribution in [0.5, 0.6) is 0 Å². The molecule has 2 N–H and O–H groups in total. The van der Waals surface area contributed by atoms with Crippen LogP contribution in [0.2, 0.25) is 0 Å². The predicted octanol–water partition coefficient (Wildman–Crippen LogP) is -0.444. The number of nitrogens with two attached hydrogens (primary N) is 1. The van der Waals surface area contributed by atoms with Gasteiger partial charge in [0.1, 0.15) is 0 Å². The third kappa shape index (κ3) is 2.54. The lowest BCUT2D eigenvalue weighted by Gasteiger charge is -2.12. The van der Waals surface area contributed by atoms with Gasteiger partial charge in [0.2, 0.25) is 10.0 Å². The van der Waals surface area contributed by atoms with Crippen molar-refractivity contribution >= 4 is 19.9 Å². The van der Waals surface area contributed by atoms with Gasteiger partial charge in [-0.1, -0.05) is 0 Å². The van der Waals surface area contributed by atoms with Gasteiger partial charge in [0.05, 0.1) is 0 Å². The zero-order valence-corrected chi connectivity index (χ0v) is 7.87. The molecule has 0 aliphatic heterocycles. The average Bonchev–Trinajstić information content (AvgIpc) is 1.81. The number of alkyl halides is 3. The van der Waals surface area contributed by atoms with E-state index < -0.39 is 30.0 Å². The largest absolute Gasteiger partial charge is 0.498 e. The van der Waals surface area contributed by atoms with Gasteiger partial charge in [-0.25, -0.2) is 22.0 Å². The maximum Gasteiger partial charge on any atom is 0.498 e. The first-order chi connectivity index (χ1) is 5.40. The Morgan fingerprint density at radius 3 is 1.54 bits per heavy atom. The van der Waals surface area contributed by atoms with Crippen LogP contribution in [-0.2, 0) is 19.9 Å². The van der Waals surface area contributed by atoms with Crippen LogP contribution in [0.1, 0.15) is 6.92 Å². The highest BCUT2D eigenvalue weighted by molar-refractivity contribution is 8.08. The maximum absolute atomic E-state index is 11.7. The molecule has 1 atom stereocenters. The summed E-state index contributed by atoms with van der Waals surface area (Å²) in [4.78, 5) is 0. The van der Waals surface area contributed by atoms with Crippen molar-refractivity contribution in [3.8, 4) is 0 Å². The molecule has 10 heteroatoms. The third-order valence-corrected chi connectivity index (χ3v) is 5.23. The summed E-state index contributed by atoms with van der Waals surface area (Å²) < 4.78 is 73.9. The topological polar surface area (TPSA) is 94.3 Å². The van der Waals surface area contributed by atoms with Crippen molar-refractivity contribution in [2.24, 2.45) is 5.14 Å². The van der Waals surface area contributed by atoms with Crippen LogP contribution in [0.25, 0.3) is 0 Å². The number of hydrogen-bond donors (Lipinski definition) is 1. The van der Waals surface area contributed by atoms with E-state index in [0.717, 1.165) is 0 Å². The molecule has 0 radical (unpaired) electrons. The van der Waals surface area contributed by atoms with E-state index in [1.54, 1.807) is 0 Å². The minimum Gasteiger partial charge on any atom is -0.228 e. The highest BCUT2D eigenvalue weighted by atomic mass is 32.3. The first kappa shape index (κ1) is 12.7. The highest BCUT2D eigenvalue weighted by Gasteiger charge is 2.52. The molecular weight excluding hydrogens is 235 g/mol. The molecule has 0 saturated heterocycles. The summed E-state index contributed by atoms with van der Waals surface area (Å²) in [5, 5.41) is 4.25. The van der Waals surface area contributed by atoms with Gasteiger partial charge in [0.15, 0.2) is 4.58 Å². The minimum absolute atomic E-state index is 0.359. The fourth-order valence-corrected chi connectivity index (χ4v) is 2.48. The molecule has 0 aliphatic rings. The van der Waals surface area contributed by atoms with Crippen LogP contribution in [0.15, 0.2) is 0 Å². The zero-order valence-electron chi connectivity index (χ0n) is 6.24. The number of halogens is 3. The lowest BCUT2D eigenvalue weighted by atomic mass is 11.0. The molecule has 0 aromatic rings. The Labute approximate surface area is 72.7 Å². The highest BCUT2D eigenvalue weighted by Crippen LogP contribution is 2.28. The van der Waals surface area contributed by atoms with Gasteiger partial charge in [-0.3, -0.25) is 0 Å². The van der Waals surface area contributed by atoms with Crippen molar-refractivity contribution in [2.45, 2.75) is 17.0 Å². The standard InChI is InChI=1S/C3H6F3NO4S2/c1-2(13(7,10)11)12(8,9)3(4,5)6/h2H,1H3,(H2,7,10,11). The van der Waals surface area contributed by atoms with E-state index in [2.05, 4.69) is 5.14 Å². The number of sulfonamides is 1. The summed E-state index contributed by atoms with van der Waals surface area (Å²) in [6.07, 6.45) is 0. The van der Waals surface area contributed by atoms with E-state index in [1.807, 2.05) is 0 Å². The molecular formula is C3H6F3NO4S2. The van der Waals surface area contributed by atoms with Gasteiger partial charge in [-0.15, -0.1) is 0 Å². The van der Waals surface area contributed by atoms with Crippen molar-refractivity contribution in [2.75, 3.05) is 0 Å². The molecule has 0 amide bonds. The monoisotopic (exact) mass is 241 g/mol. The molecule has 0 aromatic carbocycles. The van der Waals surface area contributed by atoms with Gasteiger partial charge < -0.3 is 0 Å². The summed E-state index contributed by atoms with van der Waals surface area (Å²) in [6.45, 7) is 0.359. The quantitative estimate of drug-likeness (QED) is 0.708. The number of sulfone groups is 1. The molecule has 0 heterocycles. The first-order valence-corrected chi connectivity index (χ1v) is 5.88. The summed E-state index contributed by atoms with van der Waals surface area (Å²) in [7, 11) is -10.5. The van der Waals surface area contributed by atoms with Crippen molar-refractivity contribution in [3.63, 3.8) is 0 Å². The van der Waals surface area contributed by atoms with Crippen molar-refractivity contribution < 1.29 is 30.0 Å². The normalized spacial score (nSPS) is 17.0. The Balaban J connectivity index is 5.37. The molecule has 0 saturated carbocycles. The van der Waals surface area contributed by atoms with E-state index >= 15 is 0 Å². The van der Waals surface area contributed by atoms with Gasteiger partial charge in [-0.2, -0.15) is 13.2 Å². The second kappa shape index (κ2) is 3.10. The zero-order chi connectivity index (χ0) is 11.1. The van der Waals surface area contributed by atoms with Crippen molar-refractivity contribution in [1.29, 1.82) is 0 Å². The second-order valence-corrected chi connectivity index (χ2v) is 6.59. The summed E-state index contributed by atoms with van der Waals surface area (Å²) in [5.41, 5.74) is -5.61. The third-order valence-electron chi connectivity index (χ3n) is 1.22.